The fourth-order valence-electron chi connectivity index (χ4n) is 1.91. The summed E-state index contributed by atoms with van der Waals surface area (Å²) in [5.41, 5.74) is 1.07. The molecule has 0 saturated heterocycles. The van der Waals surface area contributed by atoms with Gasteiger partial charge in [0.1, 0.15) is 12.4 Å². The monoisotopic (exact) mass is 279 g/mol. The quantitative estimate of drug-likeness (QED) is 0.659. The van der Waals surface area contributed by atoms with Crippen molar-refractivity contribution in [2.24, 2.45) is 0 Å². The Morgan fingerprint density at radius 2 is 2.19 bits per heavy atom. The molecule has 1 aromatic carbocycles. The molecule has 0 atom stereocenters. The van der Waals surface area contributed by atoms with Crippen LogP contribution in [0.5, 0.6) is 0 Å². The Kier molecular flexibility index (Phi) is 3.04. The number of ether oxygens (including phenoxy) is 1. The van der Waals surface area contributed by atoms with Crippen LogP contribution in [0.25, 0.3) is 16.7 Å². The van der Waals surface area contributed by atoms with E-state index in [4.69, 9.17) is 0 Å². The maximum atomic E-state index is 11.4. The molecule has 0 fully saturated rings. The van der Waals surface area contributed by atoms with Crippen molar-refractivity contribution in [3.8, 4) is 11.9 Å². The van der Waals surface area contributed by atoms with Crippen molar-refractivity contribution < 1.29 is 9.53 Å². The van der Waals surface area contributed by atoms with Crippen molar-refractivity contribution in [2.45, 2.75) is 0 Å². The van der Waals surface area contributed by atoms with E-state index in [0.717, 1.165) is 10.9 Å². The topological polar surface area (TPSA) is 93.7 Å². The molecule has 21 heavy (non-hydrogen) atoms. The van der Waals surface area contributed by atoms with Crippen LogP contribution in [-0.4, -0.2) is 32.8 Å². The molecule has 0 aliphatic heterocycles. The third-order valence-electron chi connectivity index (χ3n) is 2.90. The molecule has 0 spiro atoms. The molecule has 0 aliphatic carbocycles. The molecule has 0 amide bonds. The second kappa shape index (κ2) is 5.02. The average molecular weight is 279 g/mol. The summed E-state index contributed by atoms with van der Waals surface area (Å²) in [6.45, 7) is 0. The summed E-state index contributed by atoms with van der Waals surface area (Å²) in [7, 11) is 1.25. The lowest BCUT2D eigenvalue weighted by molar-refractivity contribution is 0.0587. The molecule has 3 aromatic rings. The van der Waals surface area contributed by atoms with Crippen molar-refractivity contribution in [3.63, 3.8) is 0 Å². The lowest BCUT2D eigenvalue weighted by atomic mass is 10.1. The molecular weight excluding hydrogens is 270 g/mol. The van der Waals surface area contributed by atoms with Gasteiger partial charge in [-0.25, -0.2) is 19.4 Å². The normalized spacial score (nSPS) is 10.3. The molecule has 0 saturated carbocycles. The van der Waals surface area contributed by atoms with Gasteiger partial charge in [-0.3, -0.25) is 0 Å². The number of rotatable bonds is 2. The van der Waals surface area contributed by atoms with Crippen molar-refractivity contribution in [3.05, 3.63) is 48.0 Å². The second-order valence-corrected chi connectivity index (χ2v) is 4.17. The van der Waals surface area contributed by atoms with E-state index in [2.05, 4.69) is 25.9 Å². The number of esters is 1. The minimum atomic E-state index is -0.645. The van der Waals surface area contributed by atoms with Gasteiger partial charge in [0.15, 0.2) is 5.82 Å². The van der Waals surface area contributed by atoms with E-state index in [1.165, 1.54) is 18.1 Å². The van der Waals surface area contributed by atoms with Gasteiger partial charge in [-0.05, 0) is 12.1 Å². The fraction of sp³-hybridized carbons (Fsp3) is 0.0714. The predicted molar refractivity (Wildman–Crippen MR) is 72.7 cm³/mol. The number of hydrogen-bond donors (Lipinski definition) is 0. The van der Waals surface area contributed by atoms with E-state index >= 15 is 0 Å². The number of pyridine rings is 1. The highest BCUT2D eigenvalue weighted by atomic mass is 16.5. The summed E-state index contributed by atoms with van der Waals surface area (Å²) in [5.74, 6) is -0.414. The lowest BCUT2D eigenvalue weighted by Gasteiger charge is -2.04. The number of benzene rings is 1. The van der Waals surface area contributed by atoms with Crippen molar-refractivity contribution in [2.75, 3.05) is 7.11 Å². The summed E-state index contributed by atoms with van der Waals surface area (Å²) >= 11 is 0. The molecule has 0 aliphatic rings. The van der Waals surface area contributed by atoms with E-state index in [1.807, 2.05) is 24.3 Å². The number of fused-ring (bicyclic) bond motifs is 1. The Balaban J connectivity index is 2.17. The smallest absolute Gasteiger partial charge is 0.377 e. The summed E-state index contributed by atoms with van der Waals surface area (Å²) in [6.07, 6.45) is 1.32. The molecule has 2 heterocycles. The van der Waals surface area contributed by atoms with Gasteiger partial charge < -0.3 is 4.74 Å². The van der Waals surface area contributed by atoms with E-state index in [1.54, 1.807) is 6.07 Å². The number of para-hydroxylation sites is 1. The van der Waals surface area contributed by atoms with Crippen LogP contribution >= 0.6 is 0 Å². The fourth-order valence-corrected chi connectivity index (χ4v) is 1.91. The molecule has 2 aromatic heterocycles. The zero-order valence-corrected chi connectivity index (χ0v) is 11.0. The van der Waals surface area contributed by atoms with Gasteiger partial charge in [0.25, 0.3) is 5.82 Å². The molecule has 0 N–H and O–H groups in total. The lowest BCUT2D eigenvalue weighted by Crippen LogP contribution is -2.07. The van der Waals surface area contributed by atoms with E-state index in [-0.39, 0.29) is 5.82 Å². The first-order valence-corrected chi connectivity index (χ1v) is 6.03. The molecular formula is C14H9N5O2. The zero-order chi connectivity index (χ0) is 14.8. The summed E-state index contributed by atoms with van der Waals surface area (Å²) in [6, 6.07) is 11.2. The molecule has 0 unspecified atom stereocenters. The number of methoxy groups -OCH3 is 1. The summed E-state index contributed by atoms with van der Waals surface area (Å²) < 4.78 is 5.84. The van der Waals surface area contributed by atoms with Gasteiger partial charge in [0.05, 0.1) is 18.2 Å². The van der Waals surface area contributed by atoms with Gasteiger partial charge in [-0.1, -0.05) is 18.2 Å². The molecule has 0 bridgehead atoms. The summed E-state index contributed by atoms with van der Waals surface area (Å²) in [4.78, 5) is 19.6. The Bertz CT molecular complexity index is 878. The van der Waals surface area contributed by atoms with Crippen LogP contribution in [0.15, 0.2) is 36.7 Å². The molecule has 3 rings (SSSR count). The van der Waals surface area contributed by atoms with Crippen molar-refractivity contribution in [1.82, 2.24) is 19.7 Å². The largest absolute Gasteiger partial charge is 0.463 e. The number of carbonyl (C=O) groups excluding carboxylic acids is 1. The van der Waals surface area contributed by atoms with E-state index in [9.17, 15) is 10.1 Å². The number of carbonyl (C=O) groups is 1. The number of nitrogens with zero attached hydrogens (tertiary/aromatic N) is 5. The number of aromatic nitrogens is 4. The average Bonchev–Trinajstić information content (AvgIpc) is 3.02. The highest BCUT2D eigenvalue weighted by molar-refractivity contribution is 5.85. The highest BCUT2D eigenvalue weighted by Crippen LogP contribution is 2.18. The second-order valence-electron chi connectivity index (χ2n) is 4.17. The first-order chi connectivity index (χ1) is 10.2. The Morgan fingerprint density at radius 3 is 2.95 bits per heavy atom. The first-order valence-electron chi connectivity index (χ1n) is 6.03. The SMILES string of the molecule is COC(=O)c1ncn(-c2nc3ccccc3cc2C#N)n1. The van der Waals surface area contributed by atoms with Crippen LogP contribution in [0.4, 0.5) is 0 Å². The van der Waals surface area contributed by atoms with Crippen LogP contribution in [0, 0.1) is 11.3 Å². The van der Waals surface area contributed by atoms with E-state index in [0.29, 0.717) is 11.4 Å². The summed E-state index contributed by atoms with van der Waals surface area (Å²) in [5, 5.41) is 14.1. The number of hydrogen-bond acceptors (Lipinski definition) is 6. The van der Waals surface area contributed by atoms with Crippen LogP contribution in [0.1, 0.15) is 16.2 Å². The molecule has 7 heteroatoms. The van der Waals surface area contributed by atoms with Gasteiger partial charge in [-0.15, -0.1) is 5.10 Å². The van der Waals surface area contributed by atoms with Crippen LogP contribution in [0.3, 0.4) is 0 Å². The predicted octanol–water partition coefficient (Wildman–Crippen LogP) is 1.47. The van der Waals surface area contributed by atoms with Gasteiger partial charge in [0.2, 0.25) is 0 Å². The van der Waals surface area contributed by atoms with Gasteiger partial charge >= 0.3 is 5.97 Å². The van der Waals surface area contributed by atoms with Gasteiger partial charge in [0, 0.05) is 5.39 Å². The third-order valence-corrected chi connectivity index (χ3v) is 2.90. The van der Waals surface area contributed by atoms with Crippen molar-refractivity contribution in [1.29, 1.82) is 5.26 Å². The van der Waals surface area contributed by atoms with E-state index < -0.39 is 5.97 Å². The molecule has 7 nitrogen and oxygen atoms in total. The number of nitriles is 1. The van der Waals surface area contributed by atoms with Crippen LogP contribution in [-0.2, 0) is 4.74 Å². The highest BCUT2D eigenvalue weighted by Gasteiger charge is 2.15. The standard InChI is InChI=1S/C14H9N5O2/c1-21-14(20)12-16-8-19(18-12)13-10(7-15)6-9-4-2-3-5-11(9)17-13/h2-6,8H,1H3. The van der Waals surface area contributed by atoms with Crippen LogP contribution < -0.4 is 0 Å². The Hall–Kier alpha value is -3.27. The Labute approximate surface area is 119 Å². The maximum absolute atomic E-state index is 11.4. The Morgan fingerprint density at radius 1 is 1.38 bits per heavy atom. The minimum Gasteiger partial charge on any atom is -0.463 e. The zero-order valence-electron chi connectivity index (χ0n) is 11.0. The third kappa shape index (κ3) is 2.19. The minimum absolute atomic E-state index is 0.0867. The maximum Gasteiger partial charge on any atom is 0.377 e. The first kappa shape index (κ1) is 12.7. The van der Waals surface area contributed by atoms with Gasteiger partial charge in [-0.2, -0.15) is 5.26 Å². The van der Waals surface area contributed by atoms with Crippen LogP contribution in [0.2, 0.25) is 0 Å². The molecule has 0 radical (unpaired) electrons. The van der Waals surface area contributed by atoms with Crippen molar-refractivity contribution >= 4 is 16.9 Å². The molecule has 102 valence electrons.